The predicted octanol–water partition coefficient (Wildman–Crippen LogP) is 3.61. The summed E-state index contributed by atoms with van der Waals surface area (Å²) in [6, 6.07) is 0. The molecule has 3 rings (SSSR count). The van der Waals surface area contributed by atoms with Gasteiger partial charge in [0.15, 0.2) is 12.3 Å². The average molecular weight is 544 g/mol. The van der Waals surface area contributed by atoms with Gasteiger partial charge in [-0.05, 0) is 36.0 Å². The molecule has 4 atom stereocenters. The molecular formula is C24H45N3O7Si2. The van der Waals surface area contributed by atoms with Gasteiger partial charge in [-0.25, -0.2) is 10.3 Å². The maximum absolute atomic E-state index is 12.9. The minimum Gasteiger partial charge on any atom is -0.414 e. The second-order valence-corrected chi connectivity index (χ2v) is 20.4. The Balaban J connectivity index is 2.22. The van der Waals surface area contributed by atoms with Gasteiger partial charge >= 0.3 is 22.8 Å². The van der Waals surface area contributed by atoms with Gasteiger partial charge in [0.2, 0.25) is 0 Å². The van der Waals surface area contributed by atoms with Crippen LogP contribution in [0.3, 0.4) is 0 Å². The molecule has 0 radical (unpaired) electrons. The van der Waals surface area contributed by atoms with Crippen LogP contribution in [0.5, 0.6) is 0 Å². The lowest BCUT2D eigenvalue weighted by Gasteiger charge is -2.53. The molecule has 10 nitrogen and oxygen atoms in total. The Morgan fingerprint density at radius 1 is 1.06 bits per heavy atom. The van der Waals surface area contributed by atoms with Crippen LogP contribution in [0.4, 0.5) is 0 Å². The van der Waals surface area contributed by atoms with Crippen LogP contribution in [0.1, 0.15) is 74.1 Å². The number of hydroxylamine groups is 1. The lowest BCUT2D eigenvalue weighted by Crippen LogP contribution is -2.68. The van der Waals surface area contributed by atoms with Gasteiger partial charge in [-0.2, -0.15) is 0 Å². The molecule has 2 aliphatic rings. The summed E-state index contributed by atoms with van der Waals surface area (Å²) < 4.78 is 29.4. The highest BCUT2D eigenvalue weighted by molar-refractivity contribution is 6.84. The zero-order valence-corrected chi connectivity index (χ0v) is 25.6. The van der Waals surface area contributed by atoms with Crippen LogP contribution in [-0.2, 0) is 22.5 Å². The summed E-state index contributed by atoms with van der Waals surface area (Å²) in [6.45, 7) is 21.1. The van der Waals surface area contributed by atoms with Crippen LogP contribution in [0.15, 0.2) is 15.8 Å². The number of fused-ring (bicyclic) bond motifs is 1. The van der Waals surface area contributed by atoms with E-state index in [0.29, 0.717) is 5.56 Å². The fraction of sp³-hybridized carbons (Fsp3) is 0.833. The molecule has 12 heteroatoms. The van der Waals surface area contributed by atoms with Crippen molar-refractivity contribution in [1.82, 2.24) is 15.0 Å². The smallest absolute Gasteiger partial charge is 0.335 e. The number of hydrogen-bond donors (Lipinski definition) is 2. The third-order valence-electron chi connectivity index (χ3n) is 7.68. The van der Waals surface area contributed by atoms with Crippen molar-refractivity contribution in [2.75, 3.05) is 13.7 Å². The van der Waals surface area contributed by atoms with Crippen molar-refractivity contribution in [2.45, 2.75) is 115 Å². The Kier molecular flexibility index (Phi) is 8.63. The van der Waals surface area contributed by atoms with E-state index in [0.717, 1.165) is 0 Å². The minimum absolute atomic E-state index is 0.125. The first kappa shape index (κ1) is 29.4. The van der Waals surface area contributed by atoms with Crippen LogP contribution in [0, 0.1) is 6.92 Å². The molecule has 0 aromatic carbocycles. The summed E-state index contributed by atoms with van der Waals surface area (Å²) in [6.07, 6.45) is -0.629. The van der Waals surface area contributed by atoms with Gasteiger partial charge < -0.3 is 17.7 Å². The highest BCUT2D eigenvalue weighted by Gasteiger charge is 2.65. The molecule has 0 bridgehead atoms. The third kappa shape index (κ3) is 4.86. The second kappa shape index (κ2) is 10.6. The zero-order valence-electron chi connectivity index (χ0n) is 23.6. The normalized spacial score (nSPS) is 30.1. The first-order valence-electron chi connectivity index (χ1n) is 13.0. The summed E-state index contributed by atoms with van der Waals surface area (Å²) in [5, 5.41) is 0. The summed E-state index contributed by atoms with van der Waals surface area (Å²) in [5.74, 6) is 0. The summed E-state index contributed by atoms with van der Waals surface area (Å²) in [4.78, 5) is 33.3. The second-order valence-electron chi connectivity index (χ2n) is 11.6. The van der Waals surface area contributed by atoms with Gasteiger partial charge in [0.1, 0.15) is 11.7 Å². The Morgan fingerprint density at radius 3 is 2.11 bits per heavy atom. The maximum Gasteiger partial charge on any atom is 0.335 e. The van der Waals surface area contributed by atoms with Crippen molar-refractivity contribution in [3.63, 3.8) is 0 Å². The summed E-state index contributed by atoms with van der Waals surface area (Å²) >= 11 is 0. The number of rotatable bonds is 7. The van der Waals surface area contributed by atoms with E-state index in [-0.39, 0.29) is 28.8 Å². The average Bonchev–Trinajstić information content (AvgIpc) is 3.02. The summed E-state index contributed by atoms with van der Waals surface area (Å²) in [5.41, 5.74) is 1.88. The first-order chi connectivity index (χ1) is 16.6. The number of nitrogens with one attached hydrogen (secondary N) is 2. The van der Waals surface area contributed by atoms with E-state index in [1.807, 2.05) is 6.92 Å². The Bertz CT molecular complexity index is 1030. The minimum atomic E-state index is -2.94. The van der Waals surface area contributed by atoms with Crippen LogP contribution >= 0.6 is 0 Å². The molecule has 0 spiro atoms. The highest BCUT2D eigenvalue weighted by Crippen LogP contribution is 2.51. The van der Waals surface area contributed by atoms with Crippen LogP contribution in [0.25, 0.3) is 0 Å². The van der Waals surface area contributed by atoms with E-state index in [2.05, 4.69) is 65.9 Å². The molecule has 2 aliphatic heterocycles. The van der Waals surface area contributed by atoms with Crippen molar-refractivity contribution >= 4 is 17.1 Å². The summed E-state index contributed by atoms with van der Waals surface area (Å²) in [7, 11) is -4.06. The third-order valence-corrected chi connectivity index (χ3v) is 17.9. The van der Waals surface area contributed by atoms with Crippen molar-refractivity contribution in [3.05, 3.63) is 32.6 Å². The lowest BCUT2D eigenvalue weighted by molar-refractivity contribution is -0.125. The zero-order chi connectivity index (χ0) is 27.2. The van der Waals surface area contributed by atoms with Crippen molar-refractivity contribution in [1.29, 1.82) is 0 Å². The lowest BCUT2D eigenvalue weighted by atomic mass is 9.98. The van der Waals surface area contributed by atoms with Crippen molar-refractivity contribution in [2.24, 2.45) is 0 Å². The maximum atomic E-state index is 12.9. The Labute approximate surface area is 216 Å². The molecule has 0 saturated carbocycles. The van der Waals surface area contributed by atoms with Gasteiger partial charge in [-0.3, -0.25) is 19.2 Å². The van der Waals surface area contributed by atoms with Gasteiger partial charge in [-0.15, -0.1) is 0 Å². The largest absolute Gasteiger partial charge is 0.414 e. The standard InChI is InChI=1S/C24H45N3O7Si2/c1-14(2)35(15(3)4)30-13-24(10)20(33-36(34-35,16(5)6)17(7)8)19(32-25-11)22(31-24)27-12-18(9)21(28)26-23(27)29/h12,14-17,19-20,22,25H,13H2,1-11H3,(H,26,28,29)/t19?,20?,22-,24-/m1/s1. The van der Waals surface area contributed by atoms with E-state index >= 15 is 0 Å². The van der Waals surface area contributed by atoms with E-state index in [1.165, 1.54) is 10.8 Å². The Morgan fingerprint density at radius 2 is 1.61 bits per heavy atom. The number of nitrogens with zero attached hydrogens (tertiary/aromatic N) is 1. The number of aryl methyl sites for hydroxylation is 1. The van der Waals surface area contributed by atoms with Crippen LogP contribution in [-0.4, -0.2) is 58.1 Å². The van der Waals surface area contributed by atoms with Crippen LogP contribution in [0.2, 0.25) is 22.2 Å². The molecule has 0 aliphatic carbocycles. The first-order valence-corrected chi connectivity index (χ1v) is 16.9. The number of H-pyrrole nitrogens is 1. The Hall–Kier alpha value is -1.13. The van der Waals surface area contributed by atoms with E-state index in [1.54, 1.807) is 14.0 Å². The molecular weight excluding hydrogens is 498 g/mol. The van der Waals surface area contributed by atoms with Gasteiger partial charge in [0.05, 0.1) is 6.61 Å². The molecule has 206 valence electrons. The number of ether oxygens (including phenoxy) is 1. The van der Waals surface area contributed by atoms with Gasteiger partial charge in [-0.1, -0.05) is 55.4 Å². The highest BCUT2D eigenvalue weighted by atomic mass is 28.5. The number of aromatic amines is 1. The van der Waals surface area contributed by atoms with E-state index in [9.17, 15) is 9.59 Å². The van der Waals surface area contributed by atoms with Crippen molar-refractivity contribution in [3.8, 4) is 0 Å². The van der Waals surface area contributed by atoms with Gasteiger partial charge in [0, 0.05) is 18.8 Å². The molecule has 3 heterocycles. The predicted molar refractivity (Wildman–Crippen MR) is 142 cm³/mol. The van der Waals surface area contributed by atoms with Crippen LogP contribution < -0.4 is 16.7 Å². The molecule has 2 fully saturated rings. The fourth-order valence-electron chi connectivity index (χ4n) is 5.63. The molecule has 2 unspecified atom stereocenters. The molecule has 2 saturated heterocycles. The van der Waals surface area contributed by atoms with Crippen molar-refractivity contribution < 1.29 is 22.5 Å². The monoisotopic (exact) mass is 543 g/mol. The SMILES string of the molecule is CNOC1C2O[Si](C(C)C)(C(C)C)O[Si](C(C)C)(C(C)C)OC[C@@]2(C)O[C@H]1n1cc(C)c(=O)[nH]c1=O. The molecule has 1 aromatic heterocycles. The quantitative estimate of drug-likeness (QED) is 0.396. The topological polar surface area (TPSA) is 113 Å². The van der Waals surface area contributed by atoms with Gasteiger partial charge in [0.25, 0.3) is 5.56 Å². The van der Waals surface area contributed by atoms with E-state index < -0.39 is 52.4 Å². The number of aromatic nitrogens is 2. The van der Waals surface area contributed by atoms with E-state index in [4.69, 9.17) is 22.5 Å². The molecule has 0 amide bonds. The number of hydrogen-bond acceptors (Lipinski definition) is 8. The molecule has 36 heavy (non-hydrogen) atoms. The fourth-order valence-corrected chi connectivity index (χ4v) is 17.0. The molecule has 1 aromatic rings. The molecule has 2 N–H and O–H groups in total.